The van der Waals surface area contributed by atoms with Crippen LogP contribution < -0.4 is 10.9 Å². The monoisotopic (exact) mass is 195 g/mol. The first-order chi connectivity index (χ1) is 6.36. The maximum atomic E-state index is 11.8. The number of aromatic nitrogens is 2. The zero-order chi connectivity index (χ0) is 8.84. The van der Waals surface area contributed by atoms with Crippen LogP contribution in [0.4, 0.5) is 5.95 Å². The Kier molecular flexibility index (Phi) is 1.44. The molecule has 0 amide bonds. The molecule has 2 aliphatic heterocycles. The lowest BCUT2D eigenvalue weighted by Gasteiger charge is -2.03. The van der Waals surface area contributed by atoms with Gasteiger partial charge in [0.05, 0.1) is 5.69 Å². The van der Waals surface area contributed by atoms with Gasteiger partial charge in [0.15, 0.2) is 0 Å². The highest BCUT2D eigenvalue weighted by molar-refractivity contribution is 7.98. The van der Waals surface area contributed by atoms with Crippen molar-refractivity contribution in [2.24, 2.45) is 0 Å². The molecule has 4 nitrogen and oxygen atoms in total. The summed E-state index contributed by atoms with van der Waals surface area (Å²) in [5.41, 5.74) is 2.06. The minimum absolute atomic E-state index is 0.162. The van der Waals surface area contributed by atoms with Gasteiger partial charge in [-0.3, -0.25) is 9.36 Å². The predicted molar refractivity (Wildman–Crippen MR) is 52.0 cm³/mol. The number of fused-ring (bicyclic) bond motifs is 2. The van der Waals surface area contributed by atoms with Gasteiger partial charge in [0.1, 0.15) is 0 Å². The summed E-state index contributed by atoms with van der Waals surface area (Å²) in [5.74, 6) is 2.48. The Labute approximate surface area is 79.4 Å². The fraction of sp³-hybridized carbons (Fsp3) is 0.500. The van der Waals surface area contributed by atoms with Crippen molar-refractivity contribution in [3.8, 4) is 0 Å². The summed E-state index contributed by atoms with van der Waals surface area (Å²) in [6.45, 7) is 1.59. The highest BCUT2D eigenvalue weighted by Gasteiger charge is 2.22. The van der Waals surface area contributed by atoms with E-state index in [0.717, 1.165) is 41.8 Å². The van der Waals surface area contributed by atoms with Crippen molar-refractivity contribution in [2.45, 2.75) is 18.1 Å². The van der Waals surface area contributed by atoms with Crippen LogP contribution in [0.2, 0.25) is 0 Å². The second-order valence-corrected chi connectivity index (χ2v) is 4.22. The molecule has 3 rings (SSSR count). The normalized spacial score (nSPS) is 18.2. The topological polar surface area (TPSA) is 46.9 Å². The lowest BCUT2D eigenvalue weighted by molar-refractivity contribution is 0.749. The highest BCUT2D eigenvalue weighted by Crippen LogP contribution is 2.27. The molecular formula is C8H9N3OS. The molecule has 0 aromatic carbocycles. The molecule has 1 aromatic heterocycles. The minimum atomic E-state index is 0.162. The molecule has 1 N–H and O–H groups in total. The first kappa shape index (κ1) is 7.44. The van der Waals surface area contributed by atoms with Crippen molar-refractivity contribution in [3.63, 3.8) is 0 Å². The molecule has 0 unspecified atom stereocenters. The Morgan fingerprint density at radius 1 is 1.46 bits per heavy atom. The molecule has 3 heterocycles. The van der Waals surface area contributed by atoms with Crippen LogP contribution in [0.3, 0.4) is 0 Å². The molecule has 2 aliphatic rings. The molecule has 1 aromatic rings. The maximum Gasteiger partial charge on any atom is 0.259 e. The zero-order valence-electron chi connectivity index (χ0n) is 7.04. The molecule has 5 heteroatoms. The maximum absolute atomic E-state index is 11.8. The van der Waals surface area contributed by atoms with Crippen molar-refractivity contribution in [2.75, 3.05) is 11.9 Å². The van der Waals surface area contributed by atoms with E-state index in [4.69, 9.17) is 0 Å². The van der Waals surface area contributed by atoms with Gasteiger partial charge in [0.25, 0.3) is 5.56 Å². The molecule has 68 valence electrons. The number of hydrogen-bond acceptors (Lipinski definition) is 4. The van der Waals surface area contributed by atoms with Gasteiger partial charge in [-0.2, -0.15) is 11.8 Å². The third kappa shape index (κ3) is 0.934. The molecule has 0 saturated carbocycles. The van der Waals surface area contributed by atoms with Crippen molar-refractivity contribution >= 4 is 17.7 Å². The van der Waals surface area contributed by atoms with Gasteiger partial charge >= 0.3 is 0 Å². The van der Waals surface area contributed by atoms with E-state index in [1.165, 1.54) is 0 Å². The average molecular weight is 195 g/mol. The average Bonchev–Trinajstić information content (AvgIpc) is 2.71. The Bertz CT molecular complexity index is 391. The Morgan fingerprint density at radius 2 is 2.38 bits per heavy atom. The van der Waals surface area contributed by atoms with Gasteiger partial charge in [-0.05, 0) is 0 Å². The van der Waals surface area contributed by atoms with E-state index in [2.05, 4.69) is 10.3 Å². The van der Waals surface area contributed by atoms with Crippen molar-refractivity contribution in [1.82, 2.24) is 9.55 Å². The predicted octanol–water partition coefficient (Wildman–Crippen LogP) is 0.416. The first-order valence-corrected chi connectivity index (χ1v) is 5.46. The molecule has 0 fully saturated rings. The van der Waals surface area contributed by atoms with E-state index in [1.54, 1.807) is 16.3 Å². The Hall–Kier alpha value is -0.970. The standard InChI is InChI=1S/C8H9N3OS/c12-7-5-3-13-4-6(5)10-8-9-1-2-11(7)8/h1-4H2,(H,9,10). The molecule has 0 saturated heterocycles. The summed E-state index contributed by atoms with van der Waals surface area (Å²) in [7, 11) is 0. The Morgan fingerprint density at radius 3 is 3.31 bits per heavy atom. The van der Waals surface area contributed by atoms with Gasteiger partial charge in [-0.15, -0.1) is 0 Å². The van der Waals surface area contributed by atoms with Crippen molar-refractivity contribution in [1.29, 1.82) is 0 Å². The van der Waals surface area contributed by atoms with Crippen molar-refractivity contribution in [3.05, 3.63) is 21.6 Å². The largest absolute Gasteiger partial charge is 0.354 e. The van der Waals surface area contributed by atoms with Gasteiger partial charge in [-0.25, -0.2) is 4.98 Å². The fourth-order valence-corrected chi connectivity index (χ4v) is 2.80. The lowest BCUT2D eigenvalue weighted by atomic mass is 10.3. The number of thioether (sulfide) groups is 1. The van der Waals surface area contributed by atoms with Crippen LogP contribution in [0.15, 0.2) is 4.79 Å². The highest BCUT2D eigenvalue weighted by atomic mass is 32.2. The SMILES string of the molecule is O=c1c2c(nc3n1CCN3)CSC2. The minimum Gasteiger partial charge on any atom is -0.354 e. The molecular weight excluding hydrogens is 186 g/mol. The molecule has 0 atom stereocenters. The number of nitrogens with one attached hydrogen (secondary N) is 1. The van der Waals surface area contributed by atoms with Crippen LogP contribution in [0, 0.1) is 0 Å². The van der Waals surface area contributed by atoms with Gasteiger partial charge < -0.3 is 5.32 Å². The van der Waals surface area contributed by atoms with E-state index in [9.17, 15) is 4.79 Å². The fourth-order valence-electron chi connectivity index (χ4n) is 1.77. The van der Waals surface area contributed by atoms with E-state index >= 15 is 0 Å². The Balaban J connectivity index is 2.33. The van der Waals surface area contributed by atoms with Crippen LogP contribution in [0.25, 0.3) is 0 Å². The number of nitrogens with zero attached hydrogens (tertiary/aromatic N) is 2. The number of hydrogen-bond donors (Lipinski definition) is 1. The van der Waals surface area contributed by atoms with Crippen molar-refractivity contribution < 1.29 is 0 Å². The molecule has 13 heavy (non-hydrogen) atoms. The van der Waals surface area contributed by atoms with Crippen LogP contribution in [0.1, 0.15) is 11.3 Å². The van der Waals surface area contributed by atoms with E-state index in [-0.39, 0.29) is 5.56 Å². The first-order valence-electron chi connectivity index (χ1n) is 4.30. The summed E-state index contributed by atoms with van der Waals surface area (Å²) in [6, 6.07) is 0. The quantitative estimate of drug-likeness (QED) is 0.651. The summed E-state index contributed by atoms with van der Waals surface area (Å²) < 4.78 is 1.74. The molecule has 0 spiro atoms. The summed E-state index contributed by atoms with van der Waals surface area (Å²) in [4.78, 5) is 16.2. The van der Waals surface area contributed by atoms with E-state index < -0.39 is 0 Å². The summed E-state index contributed by atoms with van der Waals surface area (Å²) in [6.07, 6.45) is 0. The smallest absolute Gasteiger partial charge is 0.259 e. The van der Waals surface area contributed by atoms with Gasteiger partial charge in [-0.1, -0.05) is 0 Å². The van der Waals surface area contributed by atoms with Crippen LogP contribution in [-0.4, -0.2) is 16.1 Å². The second-order valence-electron chi connectivity index (χ2n) is 3.24. The van der Waals surface area contributed by atoms with E-state index in [0.29, 0.717) is 0 Å². The van der Waals surface area contributed by atoms with Gasteiger partial charge in [0.2, 0.25) is 5.95 Å². The third-order valence-corrected chi connectivity index (χ3v) is 3.42. The number of anilines is 1. The number of rotatable bonds is 0. The third-order valence-electron chi connectivity index (χ3n) is 2.45. The summed E-state index contributed by atoms with van der Waals surface area (Å²) in [5, 5.41) is 3.11. The molecule has 0 aliphatic carbocycles. The van der Waals surface area contributed by atoms with Crippen LogP contribution in [-0.2, 0) is 18.1 Å². The lowest BCUT2D eigenvalue weighted by Crippen LogP contribution is -2.23. The van der Waals surface area contributed by atoms with Crippen LogP contribution >= 0.6 is 11.8 Å². The zero-order valence-corrected chi connectivity index (χ0v) is 7.86. The molecule has 0 bridgehead atoms. The van der Waals surface area contributed by atoms with E-state index in [1.807, 2.05) is 0 Å². The summed E-state index contributed by atoms with van der Waals surface area (Å²) >= 11 is 1.77. The molecule has 0 radical (unpaired) electrons. The van der Waals surface area contributed by atoms with Crippen LogP contribution in [0.5, 0.6) is 0 Å². The van der Waals surface area contributed by atoms with Gasteiger partial charge in [0, 0.05) is 30.2 Å². The second kappa shape index (κ2) is 2.51.